The van der Waals surface area contributed by atoms with E-state index in [1.165, 1.54) is 6.39 Å². The van der Waals surface area contributed by atoms with Gasteiger partial charge in [0.15, 0.2) is 0 Å². The van der Waals surface area contributed by atoms with Crippen LogP contribution in [0.15, 0.2) is 10.8 Å². The second kappa shape index (κ2) is 3.70. The maximum atomic E-state index is 11.9. The van der Waals surface area contributed by atoms with Gasteiger partial charge in [-0.25, -0.2) is 4.79 Å². The van der Waals surface area contributed by atoms with E-state index in [-0.39, 0.29) is 6.09 Å². The molecule has 1 saturated heterocycles. The summed E-state index contributed by atoms with van der Waals surface area (Å²) in [6.07, 6.45) is 1.13. The lowest BCUT2D eigenvalue weighted by atomic mass is 10.2. The Hall–Kier alpha value is -1.59. The van der Waals surface area contributed by atoms with E-state index in [1.807, 2.05) is 20.8 Å². The number of aromatic nitrogens is 2. The van der Waals surface area contributed by atoms with Crippen molar-refractivity contribution in [1.82, 2.24) is 15.1 Å². The zero-order chi connectivity index (χ0) is 12.9. The number of carbonyl (C=O) groups is 1. The van der Waals surface area contributed by atoms with Crippen molar-refractivity contribution in [3.05, 3.63) is 12.3 Å². The van der Waals surface area contributed by atoms with E-state index < -0.39 is 5.60 Å². The lowest BCUT2D eigenvalue weighted by molar-refractivity contribution is 0.0269. The maximum absolute atomic E-state index is 11.9. The highest BCUT2D eigenvalue weighted by molar-refractivity contribution is 5.69. The Morgan fingerprint density at radius 1 is 1.44 bits per heavy atom. The van der Waals surface area contributed by atoms with Crippen molar-refractivity contribution in [3.63, 3.8) is 0 Å². The van der Waals surface area contributed by atoms with Crippen molar-refractivity contribution in [2.45, 2.75) is 32.3 Å². The Morgan fingerprint density at radius 2 is 2.11 bits per heavy atom. The van der Waals surface area contributed by atoms with Crippen LogP contribution in [-0.2, 0) is 4.74 Å². The van der Waals surface area contributed by atoms with Crippen molar-refractivity contribution in [3.8, 4) is 0 Å². The molecule has 98 valence electrons. The molecule has 1 aromatic rings. The van der Waals surface area contributed by atoms with Gasteiger partial charge < -0.3 is 14.1 Å². The molecule has 2 heterocycles. The van der Waals surface area contributed by atoms with Gasteiger partial charge in [-0.15, -0.1) is 10.2 Å². The van der Waals surface area contributed by atoms with E-state index in [0.717, 1.165) is 13.1 Å². The molecular formula is C12H17N3O3. The predicted molar refractivity (Wildman–Crippen MR) is 61.8 cm³/mol. The standard InChI is InChI=1S/C12H17N3O3/c1-12(2,3)18-11(16)15-4-7-8(5-15)9(7)10-14-13-6-17-10/h6-9H,4-5H2,1-3H3/t7-,8?,9?/m0/s1. The Kier molecular flexibility index (Phi) is 2.36. The van der Waals surface area contributed by atoms with Gasteiger partial charge in [-0.1, -0.05) is 0 Å². The highest BCUT2D eigenvalue weighted by Gasteiger charge is 2.60. The van der Waals surface area contributed by atoms with Crippen LogP contribution in [0.4, 0.5) is 4.79 Å². The summed E-state index contributed by atoms with van der Waals surface area (Å²) >= 11 is 0. The summed E-state index contributed by atoms with van der Waals surface area (Å²) in [5, 5.41) is 7.63. The molecule has 1 aromatic heterocycles. The van der Waals surface area contributed by atoms with Gasteiger partial charge in [0.25, 0.3) is 0 Å². The zero-order valence-corrected chi connectivity index (χ0v) is 10.8. The molecule has 1 aliphatic carbocycles. The molecule has 0 spiro atoms. The minimum Gasteiger partial charge on any atom is -0.444 e. The summed E-state index contributed by atoms with van der Waals surface area (Å²) in [4.78, 5) is 13.6. The second-order valence-corrected chi connectivity index (χ2v) is 6.02. The van der Waals surface area contributed by atoms with Crippen LogP contribution in [0, 0.1) is 11.8 Å². The normalized spacial score (nSPS) is 30.2. The number of piperidine rings is 1. The number of nitrogens with zero attached hydrogens (tertiary/aromatic N) is 3. The number of fused-ring (bicyclic) bond motifs is 1. The number of hydrogen-bond donors (Lipinski definition) is 0. The fourth-order valence-electron chi connectivity index (χ4n) is 2.70. The molecule has 0 radical (unpaired) electrons. The van der Waals surface area contributed by atoms with Crippen LogP contribution in [-0.4, -0.2) is 39.9 Å². The molecule has 6 heteroatoms. The Balaban J connectivity index is 1.56. The summed E-state index contributed by atoms with van der Waals surface area (Å²) < 4.78 is 10.6. The van der Waals surface area contributed by atoms with Crippen molar-refractivity contribution in [2.24, 2.45) is 11.8 Å². The van der Waals surface area contributed by atoms with E-state index in [4.69, 9.17) is 9.15 Å². The van der Waals surface area contributed by atoms with E-state index in [1.54, 1.807) is 4.90 Å². The van der Waals surface area contributed by atoms with Crippen LogP contribution in [0.1, 0.15) is 32.6 Å². The average Bonchev–Trinajstić information content (AvgIpc) is 2.76. The molecule has 2 aliphatic rings. The first kappa shape index (κ1) is 11.5. The van der Waals surface area contributed by atoms with Crippen molar-refractivity contribution in [1.29, 1.82) is 0 Å². The molecule has 6 nitrogen and oxygen atoms in total. The monoisotopic (exact) mass is 251 g/mol. The topological polar surface area (TPSA) is 68.5 Å². The third kappa shape index (κ3) is 1.95. The first-order valence-electron chi connectivity index (χ1n) is 6.20. The van der Waals surface area contributed by atoms with Crippen LogP contribution in [0.2, 0.25) is 0 Å². The van der Waals surface area contributed by atoms with Crippen LogP contribution in [0.5, 0.6) is 0 Å². The fraction of sp³-hybridized carbons (Fsp3) is 0.750. The van der Waals surface area contributed by atoms with Crippen molar-refractivity contribution in [2.75, 3.05) is 13.1 Å². The number of likely N-dealkylation sites (tertiary alicyclic amines) is 1. The van der Waals surface area contributed by atoms with E-state index in [9.17, 15) is 4.79 Å². The smallest absolute Gasteiger partial charge is 0.410 e. The molecule has 1 aliphatic heterocycles. The molecule has 0 aromatic carbocycles. The summed E-state index contributed by atoms with van der Waals surface area (Å²) in [5.74, 6) is 1.95. The van der Waals surface area contributed by atoms with Gasteiger partial charge >= 0.3 is 6.09 Å². The Labute approximate surface area is 105 Å². The fourth-order valence-corrected chi connectivity index (χ4v) is 2.70. The number of ether oxygens (including phenoxy) is 1. The van der Waals surface area contributed by atoms with E-state index in [0.29, 0.717) is 23.6 Å². The molecule has 0 N–H and O–H groups in total. The van der Waals surface area contributed by atoms with Gasteiger partial charge in [0.2, 0.25) is 12.3 Å². The highest BCUT2D eigenvalue weighted by atomic mass is 16.6. The molecule has 0 bridgehead atoms. The van der Waals surface area contributed by atoms with Crippen molar-refractivity contribution >= 4 is 6.09 Å². The summed E-state index contributed by atoms with van der Waals surface area (Å²) in [7, 11) is 0. The lowest BCUT2D eigenvalue weighted by Crippen LogP contribution is -2.36. The Morgan fingerprint density at radius 3 is 2.61 bits per heavy atom. The molecule has 1 saturated carbocycles. The first-order valence-corrected chi connectivity index (χ1v) is 6.20. The number of hydrogen-bond acceptors (Lipinski definition) is 5. The van der Waals surface area contributed by atoms with E-state index in [2.05, 4.69) is 10.2 Å². The average molecular weight is 251 g/mol. The van der Waals surface area contributed by atoms with E-state index >= 15 is 0 Å². The predicted octanol–water partition coefficient (Wildman–Crippen LogP) is 1.65. The summed E-state index contributed by atoms with van der Waals surface area (Å²) in [6, 6.07) is 0. The number of amides is 1. The first-order chi connectivity index (χ1) is 8.46. The molecular weight excluding hydrogens is 234 g/mol. The molecule has 1 amide bonds. The van der Waals surface area contributed by atoms with Crippen LogP contribution >= 0.6 is 0 Å². The van der Waals surface area contributed by atoms with Crippen LogP contribution < -0.4 is 0 Å². The van der Waals surface area contributed by atoms with Gasteiger partial charge in [-0.05, 0) is 32.6 Å². The second-order valence-electron chi connectivity index (χ2n) is 6.02. The molecule has 2 fully saturated rings. The number of rotatable bonds is 1. The third-order valence-electron chi connectivity index (χ3n) is 3.51. The SMILES string of the molecule is CC(C)(C)OC(=O)N1CC2C(c3nnco3)[C@H]2C1. The Bertz CT molecular complexity index is 440. The lowest BCUT2D eigenvalue weighted by Gasteiger charge is -2.25. The molecule has 3 atom stereocenters. The molecule has 2 unspecified atom stereocenters. The van der Waals surface area contributed by atoms with Gasteiger partial charge in [0.1, 0.15) is 5.60 Å². The largest absolute Gasteiger partial charge is 0.444 e. The minimum atomic E-state index is -0.435. The maximum Gasteiger partial charge on any atom is 0.410 e. The third-order valence-corrected chi connectivity index (χ3v) is 3.51. The highest BCUT2D eigenvalue weighted by Crippen LogP contribution is 2.57. The number of carbonyl (C=O) groups excluding carboxylic acids is 1. The van der Waals surface area contributed by atoms with Crippen LogP contribution in [0.25, 0.3) is 0 Å². The summed E-state index contributed by atoms with van der Waals surface area (Å²) in [5.41, 5.74) is -0.435. The minimum absolute atomic E-state index is 0.223. The molecule has 3 rings (SSSR count). The van der Waals surface area contributed by atoms with Gasteiger partial charge in [0.05, 0.1) is 0 Å². The van der Waals surface area contributed by atoms with Crippen molar-refractivity contribution < 1.29 is 13.9 Å². The zero-order valence-electron chi connectivity index (χ0n) is 10.8. The quantitative estimate of drug-likeness (QED) is 0.759. The van der Waals surface area contributed by atoms with Gasteiger partial charge in [0, 0.05) is 19.0 Å². The molecule has 18 heavy (non-hydrogen) atoms. The van der Waals surface area contributed by atoms with Gasteiger partial charge in [-0.2, -0.15) is 0 Å². The van der Waals surface area contributed by atoms with Gasteiger partial charge in [-0.3, -0.25) is 0 Å². The van der Waals surface area contributed by atoms with Crippen LogP contribution in [0.3, 0.4) is 0 Å². The summed E-state index contributed by atoms with van der Waals surface area (Å²) in [6.45, 7) is 7.09.